The van der Waals surface area contributed by atoms with Crippen LogP contribution in [0, 0.1) is 24.0 Å². The van der Waals surface area contributed by atoms with Crippen molar-refractivity contribution in [2.24, 2.45) is 0 Å². The first kappa shape index (κ1) is 16.9. The number of hydrogen-bond donors (Lipinski definition) is 1. The van der Waals surface area contributed by atoms with Gasteiger partial charge < -0.3 is 14.8 Å². The van der Waals surface area contributed by atoms with Crippen molar-refractivity contribution in [1.29, 1.82) is 0 Å². The SMILES string of the molecule is Cc1cc([N+](=O)[O-])ccc1NC(=O)N1CCC[C@@H]1Cn1ccnc1C. The largest absolute Gasteiger partial charge is 0.333 e. The average molecular weight is 343 g/mol. The predicted octanol–water partition coefficient (Wildman–Crippen LogP) is 3.10. The summed E-state index contributed by atoms with van der Waals surface area (Å²) in [5.41, 5.74) is 1.29. The lowest BCUT2D eigenvalue weighted by Gasteiger charge is -2.26. The summed E-state index contributed by atoms with van der Waals surface area (Å²) in [6.45, 7) is 5.12. The number of urea groups is 1. The number of non-ortho nitro benzene ring substituents is 1. The van der Waals surface area contributed by atoms with Gasteiger partial charge in [-0.15, -0.1) is 0 Å². The molecule has 132 valence electrons. The summed E-state index contributed by atoms with van der Waals surface area (Å²) in [5.74, 6) is 0.929. The second kappa shape index (κ2) is 6.92. The molecule has 1 fully saturated rings. The number of nitro benzene ring substituents is 1. The molecular weight excluding hydrogens is 322 g/mol. The molecule has 1 aliphatic heterocycles. The van der Waals surface area contributed by atoms with E-state index in [1.807, 2.05) is 22.6 Å². The number of nitrogens with zero attached hydrogens (tertiary/aromatic N) is 4. The number of hydrogen-bond acceptors (Lipinski definition) is 4. The van der Waals surface area contributed by atoms with Crippen LogP contribution in [0.2, 0.25) is 0 Å². The molecule has 1 atom stereocenters. The monoisotopic (exact) mass is 343 g/mol. The van der Waals surface area contributed by atoms with Gasteiger partial charge in [-0.2, -0.15) is 0 Å². The number of likely N-dealkylation sites (tertiary alicyclic amines) is 1. The number of nitro groups is 1. The van der Waals surface area contributed by atoms with Gasteiger partial charge >= 0.3 is 6.03 Å². The van der Waals surface area contributed by atoms with Crippen LogP contribution in [0.3, 0.4) is 0 Å². The van der Waals surface area contributed by atoms with E-state index in [2.05, 4.69) is 10.3 Å². The van der Waals surface area contributed by atoms with Crippen molar-refractivity contribution in [3.63, 3.8) is 0 Å². The van der Waals surface area contributed by atoms with Crippen LogP contribution in [-0.4, -0.2) is 38.0 Å². The van der Waals surface area contributed by atoms with Gasteiger partial charge in [-0.05, 0) is 38.3 Å². The summed E-state index contributed by atoms with van der Waals surface area (Å²) in [6, 6.07) is 4.39. The quantitative estimate of drug-likeness (QED) is 0.682. The molecule has 2 amide bonds. The molecule has 1 aliphatic rings. The van der Waals surface area contributed by atoms with Crippen LogP contribution < -0.4 is 5.32 Å². The van der Waals surface area contributed by atoms with Crippen molar-refractivity contribution in [3.05, 3.63) is 52.1 Å². The highest BCUT2D eigenvalue weighted by molar-refractivity contribution is 5.90. The summed E-state index contributed by atoms with van der Waals surface area (Å²) in [4.78, 5) is 29.1. The number of carbonyl (C=O) groups is 1. The van der Waals surface area contributed by atoms with Gasteiger partial charge in [0.2, 0.25) is 0 Å². The Hall–Kier alpha value is -2.90. The minimum absolute atomic E-state index is 0.0186. The number of imidazole rings is 1. The molecule has 1 N–H and O–H groups in total. The van der Waals surface area contributed by atoms with E-state index in [1.54, 1.807) is 19.2 Å². The highest BCUT2D eigenvalue weighted by Crippen LogP contribution is 2.24. The Morgan fingerprint density at radius 3 is 2.88 bits per heavy atom. The number of benzene rings is 1. The van der Waals surface area contributed by atoms with E-state index in [9.17, 15) is 14.9 Å². The zero-order valence-electron chi connectivity index (χ0n) is 14.3. The normalized spacial score (nSPS) is 16.9. The van der Waals surface area contributed by atoms with Crippen molar-refractivity contribution < 1.29 is 9.72 Å². The molecule has 0 saturated carbocycles. The molecule has 2 heterocycles. The van der Waals surface area contributed by atoms with Crippen LogP contribution in [0.15, 0.2) is 30.6 Å². The Bertz CT molecular complexity index is 801. The molecule has 0 unspecified atom stereocenters. The third kappa shape index (κ3) is 3.62. The maximum Gasteiger partial charge on any atom is 0.322 e. The van der Waals surface area contributed by atoms with Crippen molar-refractivity contribution in [3.8, 4) is 0 Å². The Morgan fingerprint density at radius 2 is 2.24 bits per heavy atom. The van der Waals surface area contributed by atoms with Crippen molar-refractivity contribution in [2.45, 2.75) is 39.3 Å². The average Bonchev–Trinajstić information content (AvgIpc) is 3.19. The van der Waals surface area contributed by atoms with Crippen LogP contribution in [0.5, 0.6) is 0 Å². The first-order valence-corrected chi connectivity index (χ1v) is 8.26. The van der Waals surface area contributed by atoms with Gasteiger partial charge in [0.25, 0.3) is 5.69 Å². The van der Waals surface area contributed by atoms with Crippen LogP contribution in [-0.2, 0) is 6.54 Å². The third-order valence-electron chi connectivity index (χ3n) is 4.63. The molecule has 3 rings (SSSR count). The molecule has 8 nitrogen and oxygen atoms in total. The van der Waals surface area contributed by atoms with E-state index >= 15 is 0 Å². The highest BCUT2D eigenvalue weighted by Gasteiger charge is 2.29. The fourth-order valence-corrected chi connectivity index (χ4v) is 3.21. The molecule has 2 aromatic rings. The fourth-order valence-electron chi connectivity index (χ4n) is 3.21. The third-order valence-corrected chi connectivity index (χ3v) is 4.63. The number of aryl methyl sites for hydroxylation is 2. The van der Waals surface area contributed by atoms with Crippen LogP contribution in [0.4, 0.5) is 16.2 Å². The summed E-state index contributed by atoms with van der Waals surface area (Å²) >= 11 is 0. The molecule has 8 heteroatoms. The Kier molecular flexibility index (Phi) is 4.69. The first-order valence-electron chi connectivity index (χ1n) is 8.26. The van der Waals surface area contributed by atoms with Crippen molar-refractivity contribution >= 4 is 17.4 Å². The maximum atomic E-state index is 12.7. The Balaban J connectivity index is 1.70. The molecule has 1 aromatic heterocycles. The Labute approximate surface area is 145 Å². The Morgan fingerprint density at radius 1 is 1.44 bits per heavy atom. The van der Waals surface area contributed by atoms with E-state index in [0.717, 1.165) is 25.2 Å². The van der Waals surface area contributed by atoms with Crippen molar-refractivity contribution in [2.75, 3.05) is 11.9 Å². The van der Waals surface area contributed by atoms with Gasteiger partial charge in [-0.3, -0.25) is 10.1 Å². The molecule has 25 heavy (non-hydrogen) atoms. The number of anilines is 1. The van der Waals surface area contributed by atoms with E-state index in [-0.39, 0.29) is 17.8 Å². The standard InChI is InChI=1S/C17H21N5O3/c1-12-10-14(22(24)25)5-6-16(12)19-17(23)21-8-3-4-15(21)11-20-9-7-18-13(20)2/h5-7,9-10,15H,3-4,8,11H2,1-2H3,(H,19,23)/t15-/m1/s1. The van der Waals surface area contributed by atoms with Crippen LogP contribution in [0.1, 0.15) is 24.2 Å². The topological polar surface area (TPSA) is 93.3 Å². The van der Waals surface area contributed by atoms with Gasteiger partial charge in [-0.25, -0.2) is 9.78 Å². The van der Waals surface area contributed by atoms with Crippen LogP contribution in [0.25, 0.3) is 0 Å². The number of nitrogens with one attached hydrogen (secondary N) is 1. The van der Waals surface area contributed by atoms with Crippen LogP contribution >= 0.6 is 0 Å². The van der Waals surface area contributed by atoms with Crippen molar-refractivity contribution in [1.82, 2.24) is 14.5 Å². The zero-order valence-corrected chi connectivity index (χ0v) is 14.3. The van der Waals surface area contributed by atoms with Gasteiger partial charge in [-0.1, -0.05) is 0 Å². The summed E-state index contributed by atoms with van der Waals surface area (Å²) in [5, 5.41) is 13.7. The number of carbonyl (C=O) groups excluding carboxylic acids is 1. The molecule has 0 spiro atoms. The summed E-state index contributed by atoms with van der Waals surface area (Å²) in [7, 11) is 0. The van der Waals surface area contributed by atoms with Gasteiger partial charge in [0.1, 0.15) is 5.82 Å². The predicted molar refractivity (Wildman–Crippen MR) is 93.5 cm³/mol. The number of aromatic nitrogens is 2. The molecule has 0 aliphatic carbocycles. The molecule has 1 aromatic carbocycles. The van der Waals surface area contributed by atoms with E-state index in [4.69, 9.17) is 0 Å². The summed E-state index contributed by atoms with van der Waals surface area (Å²) in [6.07, 6.45) is 5.59. The fraction of sp³-hybridized carbons (Fsp3) is 0.412. The second-order valence-electron chi connectivity index (χ2n) is 6.30. The molecular formula is C17H21N5O3. The number of rotatable bonds is 4. The number of amides is 2. The minimum atomic E-state index is -0.442. The zero-order chi connectivity index (χ0) is 18.0. The summed E-state index contributed by atoms with van der Waals surface area (Å²) < 4.78 is 2.05. The minimum Gasteiger partial charge on any atom is -0.333 e. The molecule has 1 saturated heterocycles. The lowest BCUT2D eigenvalue weighted by atomic mass is 10.2. The van der Waals surface area contributed by atoms with Gasteiger partial charge in [0, 0.05) is 43.3 Å². The lowest BCUT2D eigenvalue weighted by Crippen LogP contribution is -2.41. The molecule has 0 radical (unpaired) electrons. The van der Waals surface area contributed by atoms with E-state index in [0.29, 0.717) is 17.8 Å². The smallest absolute Gasteiger partial charge is 0.322 e. The van der Waals surface area contributed by atoms with E-state index in [1.165, 1.54) is 12.1 Å². The van der Waals surface area contributed by atoms with Gasteiger partial charge in [0.05, 0.1) is 11.0 Å². The second-order valence-corrected chi connectivity index (χ2v) is 6.30. The van der Waals surface area contributed by atoms with E-state index < -0.39 is 4.92 Å². The van der Waals surface area contributed by atoms with Gasteiger partial charge in [0.15, 0.2) is 0 Å². The molecule has 0 bridgehead atoms. The highest BCUT2D eigenvalue weighted by atomic mass is 16.6. The maximum absolute atomic E-state index is 12.7. The lowest BCUT2D eigenvalue weighted by molar-refractivity contribution is -0.384. The first-order chi connectivity index (χ1) is 12.0.